The van der Waals surface area contributed by atoms with Crippen LogP contribution >= 0.6 is 0 Å². The molecule has 0 aliphatic carbocycles. The molecule has 68 valence electrons. The van der Waals surface area contributed by atoms with Gasteiger partial charge in [-0.3, -0.25) is 0 Å². The van der Waals surface area contributed by atoms with Crippen LogP contribution in [-0.2, 0) is 7.05 Å². The van der Waals surface area contributed by atoms with Crippen molar-refractivity contribution >= 4 is 10.9 Å². The van der Waals surface area contributed by atoms with Gasteiger partial charge >= 0.3 is 0 Å². The topological polar surface area (TPSA) is 4.93 Å². The lowest BCUT2D eigenvalue weighted by molar-refractivity contribution is 0.907. The molecule has 0 atom stereocenters. The standard InChI is InChI=1S/C12H15N/c1-8-6-5-7-11-9(2)10(3)13(4)12(8)11/h5-7H,1-4H3. The summed E-state index contributed by atoms with van der Waals surface area (Å²) in [6, 6.07) is 6.50. The number of aryl methyl sites for hydroxylation is 3. The average Bonchev–Trinajstić information content (AvgIpc) is 2.33. The molecule has 1 nitrogen and oxygen atoms in total. The van der Waals surface area contributed by atoms with Gasteiger partial charge in [-0.25, -0.2) is 0 Å². The zero-order valence-electron chi connectivity index (χ0n) is 8.68. The number of para-hydroxylation sites is 1. The van der Waals surface area contributed by atoms with Crippen LogP contribution in [0.4, 0.5) is 0 Å². The van der Waals surface area contributed by atoms with Gasteiger partial charge in [0.1, 0.15) is 0 Å². The number of hydrogen-bond acceptors (Lipinski definition) is 0. The highest BCUT2D eigenvalue weighted by molar-refractivity contribution is 5.87. The van der Waals surface area contributed by atoms with E-state index in [0.29, 0.717) is 0 Å². The molecule has 0 saturated heterocycles. The second-order valence-corrected chi connectivity index (χ2v) is 3.74. The van der Waals surface area contributed by atoms with Gasteiger partial charge in [0.2, 0.25) is 0 Å². The van der Waals surface area contributed by atoms with E-state index in [1.54, 1.807) is 0 Å². The van der Waals surface area contributed by atoms with Crippen LogP contribution in [0.15, 0.2) is 18.2 Å². The fraction of sp³-hybridized carbons (Fsp3) is 0.333. The lowest BCUT2D eigenvalue weighted by Gasteiger charge is -2.01. The maximum atomic E-state index is 2.28. The first kappa shape index (κ1) is 8.36. The van der Waals surface area contributed by atoms with E-state index in [1.165, 1.54) is 27.7 Å². The summed E-state index contributed by atoms with van der Waals surface area (Å²) >= 11 is 0. The summed E-state index contributed by atoms with van der Waals surface area (Å²) in [6.45, 7) is 6.53. The van der Waals surface area contributed by atoms with Crippen molar-refractivity contribution in [3.63, 3.8) is 0 Å². The van der Waals surface area contributed by atoms with Crippen molar-refractivity contribution in [3.8, 4) is 0 Å². The second-order valence-electron chi connectivity index (χ2n) is 3.74. The molecule has 1 aromatic heterocycles. The number of hydrogen-bond donors (Lipinski definition) is 0. The highest BCUT2D eigenvalue weighted by Gasteiger charge is 2.08. The fourth-order valence-corrected chi connectivity index (χ4v) is 2.02. The number of benzene rings is 1. The van der Waals surface area contributed by atoms with E-state index >= 15 is 0 Å². The number of fused-ring (bicyclic) bond motifs is 1. The molecule has 0 bridgehead atoms. The van der Waals surface area contributed by atoms with Gasteiger partial charge in [0, 0.05) is 18.1 Å². The van der Waals surface area contributed by atoms with E-state index in [0.717, 1.165) is 0 Å². The number of aromatic nitrogens is 1. The lowest BCUT2D eigenvalue weighted by atomic mass is 10.1. The van der Waals surface area contributed by atoms with E-state index in [4.69, 9.17) is 0 Å². The largest absolute Gasteiger partial charge is 0.347 e. The Morgan fingerprint density at radius 3 is 2.38 bits per heavy atom. The quantitative estimate of drug-likeness (QED) is 0.577. The van der Waals surface area contributed by atoms with Gasteiger partial charge < -0.3 is 4.57 Å². The van der Waals surface area contributed by atoms with Crippen molar-refractivity contribution < 1.29 is 0 Å². The molecule has 0 radical (unpaired) electrons. The molecule has 0 spiro atoms. The molecule has 0 saturated carbocycles. The zero-order chi connectivity index (χ0) is 9.59. The van der Waals surface area contributed by atoms with E-state index in [-0.39, 0.29) is 0 Å². The predicted octanol–water partition coefficient (Wildman–Crippen LogP) is 3.10. The molecule has 1 aromatic carbocycles. The zero-order valence-corrected chi connectivity index (χ0v) is 8.68. The van der Waals surface area contributed by atoms with Crippen molar-refractivity contribution in [1.29, 1.82) is 0 Å². The minimum Gasteiger partial charge on any atom is -0.347 e. The van der Waals surface area contributed by atoms with Crippen LogP contribution in [0.25, 0.3) is 10.9 Å². The summed E-state index contributed by atoms with van der Waals surface area (Å²) in [5.41, 5.74) is 5.50. The Morgan fingerprint density at radius 2 is 1.77 bits per heavy atom. The van der Waals surface area contributed by atoms with Gasteiger partial charge in [0.15, 0.2) is 0 Å². The maximum absolute atomic E-state index is 2.28. The van der Waals surface area contributed by atoms with Crippen LogP contribution in [0.1, 0.15) is 16.8 Å². The van der Waals surface area contributed by atoms with Crippen molar-refractivity contribution in [2.45, 2.75) is 20.8 Å². The Bertz CT molecular complexity index is 463. The average molecular weight is 173 g/mol. The lowest BCUT2D eigenvalue weighted by Crippen LogP contribution is -1.91. The molecule has 0 amide bonds. The van der Waals surface area contributed by atoms with Crippen molar-refractivity contribution in [2.75, 3.05) is 0 Å². The molecular formula is C12H15N. The summed E-state index contributed by atoms with van der Waals surface area (Å²) in [6.07, 6.45) is 0. The second kappa shape index (κ2) is 2.63. The Labute approximate surface area is 79.0 Å². The molecule has 0 unspecified atom stereocenters. The third-order valence-corrected chi connectivity index (χ3v) is 3.02. The Balaban J connectivity index is 3.03. The van der Waals surface area contributed by atoms with E-state index in [2.05, 4.69) is 50.6 Å². The number of rotatable bonds is 0. The molecule has 0 aliphatic rings. The maximum Gasteiger partial charge on any atom is 0.0512 e. The Kier molecular flexibility index (Phi) is 1.69. The first-order valence-corrected chi connectivity index (χ1v) is 4.64. The van der Waals surface area contributed by atoms with Gasteiger partial charge in [0.25, 0.3) is 0 Å². The Hall–Kier alpha value is -1.24. The third kappa shape index (κ3) is 0.998. The van der Waals surface area contributed by atoms with E-state index in [9.17, 15) is 0 Å². The van der Waals surface area contributed by atoms with Gasteiger partial charge in [-0.2, -0.15) is 0 Å². The van der Waals surface area contributed by atoms with Crippen LogP contribution in [0.2, 0.25) is 0 Å². The molecule has 1 heterocycles. The fourth-order valence-electron chi connectivity index (χ4n) is 2.02. The van der Waals surface area contributed by atoms with E-state index in [1.807, 2.05) is 0 Å². The minimum absolute atomic E-state index is 1.36. The van der Waals surface area contributed by atoms with Gasteiger partial charge in [-0.1, -0.05) is 18.2 Å². The minimum atomic E-state index is 1.36. The molecule has 0 N–H and O–H groups in total. The molecule has 2 rings (SSSR count). The molecule has 0 fully saturated rings. The molecule has 1 heteroatoms. The van der Waals surface area contributed by atoms with Crippen LogP contribution < -0.4 is 0 Å². The summed E-state index contributed by atoms with van der Waals surface area (Å²) in [7, 11) is 2.14. The Morgan fingerprint density at radius 1 is 1.08 bits per heavy atom. The normalized spacial score (nSPS) is 11.1. The SMILES string of the molecule is Cc1c(C)n(C)c2c(C)cccc12. The predicted molar refractivity (Wildman–Crippen MR) is 57.1 cm³/mol. The van der Waals surface area contributed by atoms with Crippen LogP contribution in [0, 0.1) is 20.8 Å². The highest BCUT2D eigenvalue weighted by Crippen LogP contribution is 2.26. The molecule has 0 aliphatic heterocycles. The molecule has 13 heavy (non-hydrogen) atoms. The van der Waals surface area contributed by atoms with Crippen molar-refractivity contribution in [2.24, 2.45) is 7.05 Å². The highest BCUT2D eigenvalue weighted by atomic mass is 14.9. The molecular weight excluding hydrogens is 158 g/mol. The van der Waals surface area contributed by atoms with E-state index < -0.39 is 0 Å². The van der Waals surface area contributed by atoms with Crippen LogP contribution in [0.3, 0.4) is 0 Å². The summed E-state index contributed by atoms with van der Waals surface area (Å²) < 4.78 is 2.28. The molecule has 2 aromatic rings. The van der Waals surface area contributed by atoms with Crippen LogP contribution in [-0.4, -0.2) is 4.57 Å². The number of nitrogens with zero attached hydrogens (tertiary/aromatic N) is 1. The summed E-state index contributed by atoms with van der Waals surface area (Å²) in [5, 5.41) is 1.39. The first-order chi connectivity index (χ1) is 6.13. The van der Waals surface area contributed by atoms with Crippen LogP contribution in [0.5, 0.6) is 0 Å². The monoisotopic (exact) mass is 173 g/mol. The first-order valence-electron chi connectivity index (χ1n) is 4.64. The van der Waals surface area contributed by atoms with Gasteiger partial charge in [0.05, 0.1) is 5.52 Å². The van der Waals surface area contributed by atoms with Crippen molar-refractivity contribution in [3.05, 3.63) is 35.0 Å². The summed E-state index contributed by atoms with van der Waals surface area (Å²) in [5.74, 6) is 0. The smallest absolute Gasteiger partial charge is 0.0512 e. The van der Waals surface area contributed by atoms with Gasteiger partial charge in [-0.15, -0.1) is 0 Å². The van der Waals surface area contributed by atoms with Crippen molar-refractivity contribution in [1.82, 2.24) is 4.57 Å². The summed E-state index contributed by atoms with van der Waals surface area (Å²) in [4.78, 5) is 0. The van der Waals surface area contributed by atoms with Gasteiger partial charge in [-0.05, 0) is 31.9 Å². The third-order valence-electron chi connectivity index (χ3n) is 3.02.